The molecule has 3 heterocycles. The van der Waals surface area contributed by atoms with Gasteiger partial charge in [0.15, 0.2) is 0 Å². The van der Waals surface area contributed by atoms with Gasteiger partial charge in [0.1, 0.15) is 17.2 Å². The summed E-state index contributed by atoms with van der Waals surface area (Å²) in [4.78, 5) is 7.03. The van der Waals surface area contributed by atoms with Crippen molar-refractivity contribution in [1.82, 2.24) is 30.0 Å². The van der Waals surface area contributed by atoms with Gasteiger partial charge in [0.25, 0.3) is 0 Å². The second-order valence-corrected chi connectivity index (χ2v) is 5.61. The third-order valence-corrected chi connectivity index (χ3v) is 4.13. The lowest BCUT2D eigenvalue weighted by molar-refractivity contribution is 0.207. The number of nitrogens with zero attached hydrogens (tertiary/aromatic N) is 5. The molecular formula is C12H18N6S. The first-order valence-corrected chi connectivity index (χ1v) is 7.46. The zero-order valence-electron chi connectivity index (χ0n) is 11.0. The van der Waals surface area contributed by atoms with Gasteiger partial charge in [0.05, 0.1) is 12.2 Å². The minimum Gasteiger partial charge on any atom is -0.315 e. The maximum atomic E-state index is 4.66. The van der Waals surface area contributed by atoms with E-state index >= 15 is 0 Å². The molecule has 0 aromatic carbocycles. The number of hydrogen-bond donors (Lipinski definition) is 1. The molecular weight excluding hydrogens is 260 g/mol. The molecule has 2 aromatic heterocycles. The number of rotatable bonds is 5. The van der Waals surface area contributed by atoms with Gasteiger partial charge in [0, 0.05) is 31.6 Å². The summed E-state index contributed by atoms with van der Waals surface area (Å²) in [5.74, 6) is 1.05. The lowest BCUT2D eigenvalue weighted by Crippen LogP contribution is -2.33. The zero-order valence-corrected chi connectivity index (χ0v) is 11.9. The van der Waals surface area contributed by atoms with Crippen LogP contribution in [0.25, 0.3) is 0 Å². The van der Waals surface area contributed by atoms with E-state index in [4.69, 9.17) is 0 Å². The highest BCUT2D eigenvalue weighted by atomic mass is 32.1. The number of hydrogen-bond acceptors (Lipinski definition) is 6. The van der Waals surface area contributed by atoms with Gasteiger partial charge in [-0.05, 0) is 6.54 Å². The molecule has 102 valence electrons. The van der Waals surface area contributed by atoms with Crippen LogP contribution in [0.1, 0.15) is 23.4 Å². The molecule has 2 aromatic rings. The highest BCUT2D eigenvalue weighted by Crippen LogP contribution is 2.15. The Balaban J connectivity index is 1.58. The van der Waals surface area contributed by atoms with Crippen LogP contribution in [0, 0.1) is 0 Å². The van der Waals surface area contributed by atoms with Crippen LogP contribution >= 0.6 is 11.3 Å². The number of thiazole rings is 1. The highest BCUT2D eigenvalue weighted by Gasteiger charge is 2.18. The molecule has 0 saturated carbocycles. The number of nitrogens with one attached hydrogen (secondary N) is 1. The second-order valence-electron chi connectivity index (χ2n) is 4.66. The Labute approximate surface area is 116 Å². The summed E-state index contributed by atoms with van der Waals surface area (Å²) in [6.07, 6.45) is 1.81. The van der Waals surface area contributed by atoms with E-state index in [1.54, 1.807) is 11.3 Å². The first kappa shape index (κ1) is 12.7. The summed E-state index contributed by atoms with van der Waals surface area (Å²) in [5.41, 5.74) is 1.16. The Hall–Kier alpha value is -1.31. The predicted octanol–water partition coefficient (Wildman–Crippen LogP) is 0.860. The van der Waals surface area contributed by atoms with E-state index in [1.807, 2.05) is 6.33 Å². The third kappa shape index (κ3) is 2.99. The van der Waals surface area contributed by atoms with E-state index in [2.05, 4.69) is 42.3 Å². The Morgan fingerprint density at radius 2 is 2.37 bits per heavy atom. The normalized spacial score (nSPS) is 15.6. The molecule has 0 radical (unpaired) electrons. The summed E-state index contributed by atoms with van der Waals surface area (Å²) < 4.78 is 2.12. The minimum absolute atomic E-state index is 0.861. The van der Waals surface area contributed by atoms with Crippen molar-refractivity contribution >= 4 is 11.3 Å². The fourth-order valence-corrected chi connectivity index (χ4v) is 2.97. The molecule has 3 rings (SSSR count). The first-order valence-electron chi connectivity index (χ1n) is 6.58. The molecule has 7 heteroatoms. The van der Waals surface area contributed by atoms with Crippen LogP contribution in [0.3, 0.4) is 0 Å². The Kier molecular flexibility index (Phi) is 3.86. The Morgan fingerprint density at radius 3 is 3.26 bits per heavy atom. The molecule has 0 spiro atoms. The molecule has 0 unspecified atom stereocenters. The van der Waals surface area contributed by atoms with Gasteiger partial charge in [-0.2, -0.15) is 0 Å². The van der Waals surface area contributed by atoms with Crippen molar-refractivity contribution in [2.45, 2.75) is 33.1 Å². The average Bonchev–Trinajstić information content (AvgIpc) is 3.05. The van der Waals surface area contributed by atoms with Crippen LogP contribution < -0.4 is 5.32 Å². The highest BCUT2D eigenvalue weighted by molar-refractivity contribution is 7.09. The number of fused-ring (bicyclic) bond motifs is 1. The van der Waals surface area contributed by atoms with E-state index in [0.717, 1.165) is 55.8 Å². The van der Waals surface area contributed by atoms with Crippen LogP contribution in [0.5, 0.6) is 0 Å². The largest absolute Gasteiger partial charge is 0.315 e. The van der Waals surface area contributed by atoms with Crippen molar-refractivity contribution < 1.29 is 0 Å². The van der Waals surface area contributed by atoms with Gasteiger partial charge in [-0.25, -0.2) is 4.98 Å². The topological polar surface area (TPSA) is 58.9 Å². The van der Waals surface area contributed by atoms with Crippen molar-refractivity contribution in [2.24, 2.45) is 0 Å². The van der Waals surface area contributed by atoms with Crippen LogP contribution in [-0.4, -0.2) is 37.7 Å². The van der Waals surface area contributed by atoms with E-state index in [1.165, 1.54) is 0 Å². The van der Waals surface area contributed by atoms with Crippen LogP contribution in [0.2, 0.25) is 0 Å². The maximum Gasteiger partial charge on any atom is 0.147 e. The van der Waals surface area contributed by atoms with Crippen molar-refractivity contribution in [3.8, 4) is 0 Å². The fourth-order valence-electron chi connectivity index (χ4n) is 2.22. The molecule has 0 atom stereocenters. The average molecular weight is 278 g/mol. The minimum atomic E-state index is 0.861. The molecule has 0 saturated heterocycles. The predicted molar refractivity (Wildman–Crippen MR) is 73.6 cm³/mol. The van der Waals surface area contributed by atoms with Crippen LogP contribution in [-0.2, 0) is 26.2 Å². The first-order chi connectivity index (χ1) is 9.35. The maximum absolute atomic E-state index is 4.66. The van der Waals surface area contributed by atoms with E-state index < -0.39 is 0 Å². The lowest BCUT2D eigenvalue weighted by atomic mass is 10.3. The molecule has 6 nitrogen and oxygen atoms in total. The van der Waals surface area contributed by atoms with Crippen molar-refractivity contribution in [3.63, 3.8) is 0 Å². The summed E-state index contributed by atoms with van der Waals surface area (Å²) in [5, 5.41) is 14.7. The van der Waals surface area contributed by atoms with Gasteiger partial charge >= 0.3 is 0 Å². The smallest absolute Gasteiger partial charge is 0.147 e. The molecule has 19 heavy (non-hydrogen) atoms. The van der Waals surface area contributed by atoms with Crippen molar-refractivity contribution in [3.05, 3.63) is 28.2 Å². The molecule has 0 aliphatic carbocycles. The second kappa shape index (κ2) is 5.77. The van der Waals surface area contributed by atoms with Gasteiger partial charge < -0.3 is 9.88 Å². The van der Waals surface area contributed by atoms with Crippen LogP contribution in [0.4, 0.5) is 0 Å². The Bertz CT molecular complexity index is 534. The molecule has 1 aliphatic rings. The summed E-state index contributed by atoms with van der Waals surface area (Å²) in [6, 6.07) is 0. The standard InChI is InChI=1S/C12H18N6S/c1-2-13-5-12-15-10(8-19-12)6-17-3-4-18-9-14-16-11(18)7-17/h8-9,13H,2-7H2,1H3. The molecule has 1 N–H and O–H groups in total. The van der Waals surface area contributed by atoms with Gasteiger partial charge in [0.2, 0.25) is 0 Å². The van der Waals surface area contributed by atoms with Crippen molar-refractivity contribution in [1.29, 1.82) is 0 Å². The van der Waals surface area contributed by atoms with E-state index in [-0.39, 0.29) is 0 Å². The third-order valence-electron chi connectivity index (χ3n) is 3.23. The Morgan fingerprint density at radius 1 is 1.42 bits per heavy atom. The SMILES string of the molecule is CCNCc1nc(CN2CCn3cnnc3C2)cs1. The molecule has 0 fully saturated rings. The summed E-state index contributed by atoms with van der Waals surface area (Å²) in [6.45, 7) is 7.72. The van der Waals surface area contributed by atoms with E-state index in [9.17, 15) is 0 Å². The zero-order chi connectivity index (χ0) is 13.1. The lowest BCUT2D eigenvalue weighted by Gasteiger charge is -2.25. The molecule has 0 amide bonds. The van der Waals surface area contributed by atoms with E-state index in [0.29, 0.717) is 0 Å². The molecule has 1 aliphatic heterocycles. The quantitative estimate of drug-likeness (QED) is 0.879. The van der Waals surface area contributed by atoms with Gasteiger partial charge in [-0.15, -0.1) is 21.5 Å². The monoisotopic (exact) mass is 278 g/mol. The summed E-state index contributed by atoms with van der Waals surface area (Å²) in [7, 11) is 0. The van der Waals surface area contributed by atoms with Gasteiger partial charge in [-0.3, -0.25) is 4.90 Å². The van der Waals surface area contributed by atoms with Crippen molar-refractivity contribution in [2.75, 3.05) is 13.1 Å². The summed E-state index contributed by atoms with van der Waals surface area (Å²) >= 11 is 1.73. The number of aromatic nitrogens is 4. The fraction of sp³-hybridized carbons (Fsp3) is 0.583. The van der Waals surface area contributed by atoms with Crippen LogP contribution in [0.15, 0.2) is 11.7 Å². The van der Waals surface area contributed by atoms with Gasteiger partial charge in [-0.1, -0.05) is 6.92 Å². The molecule has 0 bridgehead atoms.